The van der Waals surface area contributed by atoms with Gasteiger partial charge in [0.2, 0.25) is 5.88 Å². The number of aliphatic hydroxyl groups excluding tert-OH is 1. The van der Waals surface area contributed by atoms with Gasteiger partial charge in [-0.2, -0.15) is 4.98 Å². The Kier molecular flexibility index (Phi) is 6.89. The molecular formula is C16H18F2N4O2S2. The van der Waals surface area contributed by atoms with Crippen LogP contribution in [0.25, 0.3) is 0 Å². The first-order valence-corrected chi connectivity index (χ1v) is 9.78. The zero-order valence-electron chi connectivity index (χ0n) is 13.8. The van der Waals surface area contributed by atoms with Crippen LogP contribution in [0.2, 0.25) is 0 Å². The monoisotopic (exact) mass is 400 g/mol. The maximum Gasteiger partial charge on any atom is 0.219 e. The normalized spacial score (nSPS) is 14.1. The molecule has 0 radical (unpaired) electrons. The first-order chi connectivity index (χ1) is 12.7. The highest BCUT2D eigenvalue weighted by Crippen LogP contribution is 2.27. The molecule has 2 aromatic rings. The van der Waals surface area contributed by atoms with E-state index < -0.39 is 11.6 Å². The molecule has 1 saturated heterocycles. The van der Waals surface area contributed by atoms with Gasteiger partial charge in [0.15, 0.2) is 16.8 Å². The maximum absolute atomic E-state index is 13.8. The number of halogens is 2. The van der Waals surface area contributed by atoms with Crippen LogP contribution in [0.5, 0.6) is 5.88 Å². The predicted molar refractivity (Wildman–Crippen MR) is 97.9 cm³/mol. The van der Waals surface area contributed by atoms with Crippen LogP contribution in [0.4, 0.5) is 14.6 Å². The van der Waals surface area contributed by atoms with Crippen LogP contribution in [-0.2, 0) is 5.75 Å². The van der Waals surface area contributed by atoms with Gasteiger partial charge in [-0.3, -0.25) is 0 Å². The van der Waals surface area contributed by atoms with Crippen molar-refractivity contribution in [3.63, 3.8) is 0 Å². The van der Waals surface area contributed by atoms with Crippen LogP contribution in [0, 0.1) is 11.6 Å². The van der Waals surface area contributed by atoms with Crippen LogP contribution in [-0.4, -0.2) is 45.7 Å². The Bertz CT molecular complexity index is 750. The van der Waals surface area contributed by atoms with E-state index in [1.807, 2.05) is 0 Å². The van der Waals surface area contributed by atoms with Crippen LogP contribution in [0.15, 0.2) is 29.4 Å². The molecule has 1 aliphatic rings. The first kappa shape index (κ1) is 19.2. The van der Waals surface area contributed by atoms with Crippen molar-refractivity contribution in [1.82, 2.24) is 14.3 Å². The summed E-state index contributed by atoms with van der Waals surface area (Å²) in [5.41, 5.74) is 0.241. The van der Waals surface area contributed by atoms with Crippen molar-refractivity contribution >= 4 is 29.7 Å². The van der Waals surface area contributed by atoms with Gasteiger partial charge in [-0.15, -0.1) is 0 Å². The standard InChI is InChI=1S/C16H18F2N4O2S2/c17-12-4-1-3-11(15(12)18)10-25-16-19-13(21-26-22-5-2-6-22)9-14(20-16)24-8-7-23/h1,3-4,9,23H,2,5-8,10H2,(H,19,20,21). The van der Waals surface area contributed by atoms with E-state index in [0.29, 0.717) is 16.9 Å². The number of thioether (sulfide) groups is 1. The van der Waals surface area contributed by atoms with Crippen molar-refractivity contribution in [1.29, 1.82) is 0 Å². The van der Waals surface area contributed by atoms with Crippen molar-refractivity contribution in [3.05, 3.63) is 41.5 Å². The molecule has 0 saturated carbocycles. The summed E-state index contributed by atoms with van der Waals surface area (Å²) in [6, 6.07) is 5.71. The van der Waals surface area contributed by atoms with Gasteiger partial charge in [-0.1, -0.05) is 23.9 Å². The van der Waals surface area contributed by atoms with E-state index in [9.17, 15) is 8.78 Å². The van der Waals surface area contributed by atoms with Crippen molar-refractivity contribution in [2.75, 3.05) is 31.0 Å². The average molecular weight is 400 g/mol. The minimum atomic E-state index is -0.877. The Hall–Kier alpha value is -1.62. The molecule has 0 aliphatic carbocycles. The molecule has 26 heavy (non-hydrogen) atoms. The van der Waals surface area contributed by atoms with E-state index in [-0.39, 0.29) is 24.5 Å². The fourth-order valence-electron chi connectivity index (χ4n) is 2.04. The van der Waals surface area contributed by atoms with Gasteiger partial charge < -0.3 is 14.6 Å². The molecule has 10 heteroatoms. The van der Waals surface area contributed by atoms with Crippen molar-refractivity contribution in [2.45, 2.75) is 17.3 Å². The lowest BCUT2D eigenvalue weighted by atomic mass is 10.2. The molecule has 1 fully saturated rings. The second kappa shape index (κ2) is 9.36. The molecule has 0 unspecified atom stereocenters. The number of rotatable bonds is 9. The van der Waals surface area contributed by atoms with E-state index in [1.54, 1.807) is 6.07 Å². The number of hydrogen-bond donors (Lipinski definition) is 2. The SMILES string of the molecule is OCCOc1cc(NSN2CCC2)nc(SCc2cccc(F)c2F)n1. The van der Waals surface area contributed by atoms with Gasteiger partial charge in [0.1, 0.15) is 12.4 Å². The topological polar surface area (TPSA) is 70.5 Å². The summed E-state index contributed by atoms with van der Waals surface area (Å²) in [5.74, 6) is -0.696. The summed E-state index contributed by atoms with van der Waals surface area (Å²) in [6.45, 7) is 2.00. The maximum atomic E-state index is 13.8. The molecule has 0 amide bonds. The molecule has 140 valence electrons. The zero-order valence-corrected chi connectivity index (χ0v) is 15.5. The number of nitrogens with zero attached hydrogens (tertiary/aromatic N) is 3. The highest BCUT2D eigenvalue weighted by Gasteiger charge is 2.16. The van der Waals surface area contributed by atoms with Crippen LogP contribution in [0.1, 0.15) is 12.0 Å². The third kappa shape index (κ3) is 5.19. The van der Waals surface area contributed by atoms with Gasteiger partial charge in [-0.05, 0) is 12.5 Å². The molecule has 1 aromatic heterocycles. The number of hydrogen-bond acceptors (Lipinski definition) is 8. The van der Waals surface area contributed by atoms with Crippen LogP contribution >= 0.6 is 23.9 Å². The summed E-state index contributed by atoms with van der Waals surface area (Å²) in [6.07, 6.45) is 1.17. The molecule has 0 atom stereocenters. The number of nitrogens with one attached hydrogen (secondary N) is 1. The third-order valence-corrected chi connectivity index (χ3v) is 5.33. The summed E-state index contributed by atoms with van der Waals surface area (Å²) >= 11 is 2.62. The molecule has 0 spiro atoms. The Morgan fingerprint density at radius 1 is 1.27 bits per heavy atom. The van der Waals surface area contributed by atoms with E-state index in [2.05, 4.69) is 19.0 Å². The molecule has 1 aromatic carbocycles. The molecule has 2 N–H and O–H groups in total. The fraction of sp³-hybridized carbons (Fsp3) is 0.375. The number of aromatic nitrogens is 2. The van der Waals surface area contributed by atoms with Crippen LogP contribution < -0.4 is 9.46 Å². The molecule has 2 heterocycles. The lowest BCUT2D eigenvalue weighted by Crippen LogP contribution is -2.31. The summed E-state index contributed by atoms with van der Waals surface area (Å²) in [7, 11) is 0. The number of ether oxygens (including phenoxy) is 1. The lowest BCUT2D eigenvalue weighted by Gasteiger charge is -2.28. The van der Waals surface area contributed by atoms with Crippen LogP contribution in [0.3, 0.4) is 0 Å². The first-order valence-electron chi connectivity index (χ1n) is 8.02. The third-order valence-electron chi connectivity index (χ3n) is 3.51. The average Bonchev–Trinajstić information content (AvgIpc) is 2.60. The van der Waals surface area contributed by atoms with E-state index in [4.69, 9.17) is 9.84 Å². The minimum absolute atomic E-state index is 0.109. The largest absolute Gasteiger partial charge is 0.475 e. The van der Waals surface area contributed by atoms with Crippen molar-refractivity contribution in [2.24, 2.45) is 0 Å². The highest BCUT2D eigenvalue weighted by molar-refractivity contribution is 7.98. The van der Waals surface area contributed by atoms with Crippen molar-refractivity contribution < 1.29 is 18.6 Å². The number of aliphatic hydroxyl groups is 1. The zero-order chi connectivity index (χ0) is 18.4. The smallest absolute Gasteiger partial charge is 0.219 e. The lowest BCUT2D eigenvalue weighted by molar-refractivity contribution is 0.195. The molecule has 0 bridgehead atoms. The van der Waals surface area contributed by atoms with Gasteiger partial charge in [0.25, 0.3) is 0 Å². The Balaban J connectivity index is 1.69. The number of anilines is 1. The fourth-order valence-corrected chi connectivity index (χ4v) is 3.63. The van der Waals surface area contributed by atoms with E-state index in [1.165, 1.54) is 42.4 Å². The number of benzene rings is 1. The molecular weight excluding hydrogens is 382 g/mol. The Morgan fingerprint density at radius 2 is 2.12 bits per heavy atom. The van der Waals surface area contributed by atoms with E-state index in [0.717, 1.165) is 19.2 Å². The highest BCUT2D eigenvalue weighted by atomic mass is 32.2. The van der Waals surface area contributed by atoms with Gasteiger partial charge in [0, 0.05) is 42.6 Å². The van der Waals surface area contributed by atoms with E-state index >= 15 is 0 Å². The Morgan fingerprint density at radius 3 is 2.85 bits per heavy atom. The van der Waals surface area contributed by atoms with Gasteiger partial charge in [0.05, 0.1) is 6.61 Å². The second-order valence-corrected chi connectivity index (χ2v) is 7.27. The predicted octanol–water partition coefficient (Wildman–Crippen LogP) is 3.10. The Labute approximate surface area is 158 Å². The summed E-state index contributed by atoms with van der Waals surface area (Å²) in [4.78, 5) is 8.61. The molecule has 3 rings (SSSR count). The van der Waals surface area contributed by atoms with Gasteiger partial charge >= 0.3 is 0 Å². The molecule has 1 aliphatic heterocycles. The van der Waals surface area contributed by atoms with Crippen molar-refractivity contribution in [3.8, 4) is 5.88 Å². The summed E-state index contributed by atoms with van der Waals surface area (Å²) in [5, 5.41) is 9.28. The second-order valence-electron chi connectivity index (χ2n) is 5.42. The molecule has 6 nitrogen and oxygen atoms in total. The minimum Gasteiger partial charge on any atom is -0.475 e. The summed E-state index contributed by atoms with van der Waals surface area (Å²) < 4.78 is 37.7. The van der Waals surface area contributed by atoms with Gasteiger partial charge in [-0.25, -0.2) is 18.1 Å². The quantitative estimate of drug-likeness (QED) is 0.378.